The lowest BCUT2D eigenvalue weighted by Gasteiger charge is -2.44. The van der Waals surface area contributed by atoms with Crippen molar-refractivity contribution in [2.75, 3.05) is 12.0 Å². The number of hydrogen-bond acceptors (Lipinski definition) is 5. The van der Waals surface area contributed by atoms with Crippen LogP contribution in [0.3, 0.4) is 0 Å². The molecule has 1 amide bonds. The molecular formula is C10H10N2O3S2. The number of nitrogens with zero attached hydrogens (tertiary/aromatic N) is 2. The van der Waals surface area contributed by atoms with Crippen molar-refractivity contribution in [3.05, 3.63) is 11.3 Å². The van der Waals surface area contributed by atoms with Gasteiger partial charge in [0.25, 0.3) is 0 Å². The fourth-order valence-corrected chi connectivity index (χ4v) is 3.91. The smallest absolute Gasteiger partial charge is 0.352 e. The van der Waals surface area contributed by atoms with Gasteiger partial charge in [0, 0.05) is 5.75 Å². The van der Waals surface area contributed by atoms with Gasteiger partial charge < -0.3 is 5.11 Å². The van der Waals surface area contributed by atoms with Crippen LogP contribution in [0.15, 0.2) is 11.3 Å². The third kappa shape index (κ3) is 1.91. The molecule has 1 saturated heterocycles. The number of β-lactam (4-membered cyclic amide) rings is 1. The van der Waals surface area contributed by atoms with Crippen molar-refractivity contribution < 1.29 is 14.7 Å². The van der Waals surface area contributed by atoms with Gasteiger partial charge in [-0.25, -0.2) is 4.79 Å². The van der Waals surface area contributed by atoms with Crippen LogP contribution in [-0.2, 0) is 9.59 Å². The molecule has 5 nitrogen and oxygen atoms in total. The molecule has 2 atom stereocenters. The van der Waals surface area contributed by atoms with Gasteiger partial charge in [-0.05, 0) is 11.8 Å². The van der Waals surface area contributed by atoms with Crippen molar-refractivity contribution in [2.45, 2.75) is 17.0 Å². The number of carboxylic acid groups (broad SMARTS) is 1. The van der Waals surface area contributed by atoms with Crippen LogP contribution in [0.1, 0.15) is 6.42 Å². The van der Waals surface area contributed by atoms with Crippen LogP contribution in [0.5, 0.6) is 0 Å². The van der Waals surface area contributed by atoms with Gasteiger partial charge in [-0.3, -0.25) is 9.69 Å². The highest BCUT2D eigenvalue weighted by Crippen LogP contribution is 2.42. The topological polar surface area (TPSA) is 81.4 Å². The molecule has 2 aliphatic heterocycles. The van der Waals surface area contributed by atoms with E-state index in [-0.39, 0.29) is 17.0 Å². The number of nitriles is 1. The number of thioether (sulfide) groups is 2. The summed E-state index contributed by atoms with van der Waals surface area (Å²) >= 11 is 2.82. The number of fused-ring (bicyclic) bond motifs is 1. The van der Waals surface area contributed by atoms with E-state index in [0.29, 0.717) is 17.7 Å². The van der Waals surface area contributed by atoms with Gasteiger partial charge >= 0.3 is 5.97 Å². The summed E-state index contributed by atoms with van der Waals surface area (Å²) in [7, 11) is 0. The van der Waals surface area contributed by atoms with Crippen LogP contribution in [0.2, 0.25) is 0 Å². The molecule has 2 heterocycles. The van der Waals surface area contributed by atoms with Crippen molar-refractivity contribution in [3.63, 3.8) is 0 Å². The van der Waals surface area contributed by atoms with Crippen LogP contribution in [0, 0.1) is 11.3 Å². The molecule has 0 bridgehead atoms. The Labute approximate surface area is 107 Å². The van der Waals surface area contributed by atoms with E-state index in [1.165, 1.54) is 28.4 Å². The maximum absolute atomic E-state index is 11.4. The summed E-state index contributed by atoms with van der Waals surface area (Å²) in [6, 6.07) is 2.07. The molecule has 0 spiro atoms. The maximum atomic E-state index is 11.4. The van der Waals surface area contributed by atoms with Gasteiger partial charge in [0.15, 0.2) is 0 Å². The standard InChI is InChI=1S/C10H10N2O3S2/c1-16-6(3-11)5-4-17-8-2-7(13)12(8)9(5)10(14)15/h6,8H,2,4H2,1H3,(H,14,15)/t6?,8-/m0/s1. The molecule has 2 rings (SSSR count). The molecule has 0 aromatic heterocycles. The summed E-state index contributed by atoms with van der Waals surface area (Å²) in [5.74, 6) is -0.780. The molecule has 1 unspecified atom stereocenters. The molecule has 90 valence electrons. The van der Waals surface area contributed by atoms with Gasteiger partial charge in [0.05, 0.1) is 17.9 Å². The van der Waals surface area contributed by atoms with Gasteiger partial charge in [0.1, 0.15) is 10.9 Å². The second-order valence-corrected chi connectivity index (χ2v) is 5.77. The lowest BCUT2D eigenvalue weighted by Crippen LogP contribution is -2.54. The summed E-state index contributed by atoms with van der Waals surface area (Å²) in [4.78, 5) is 24.0. The number of rotatable bonds is 3. The van der Waals surface area contributed by atoms with Crippen LogP contribution >= 0.6 is 23.5 Å². The summed E-state index contributed by atoms with van der Waals surface area (Å²) < 4.78 is 0. The number of aliphatic carboxylic acids is 1. The lowest BCUT2D eigenvalue weighted by molar-refractivity contribution is -0.146. The molecule has 2 aliphatic rings. The first-order valence-electron chi connectivity index (χ1n) is 4.92. The molecule has 0 aliphatic carbocycles. The zero-order chi connectivity index (χ0) is 12.6. The minimum absolute atomic E-state index is 0.0194. The molecule has 17 heavy (non-hydrogen) atoms. The molecule has 7 heteroatoms. The van der Waals surface area contributed by atoms with Crippen molar-refractivity contribution in [2.24, 2.45) is 0 Å². The first-order chi connectivity index (χ1) is 8.10. The number of hydrogen-bond donors (Lipinski definition) is 1. The minimum Gasteiger partial charge on any atom is -0.477 e. The van der Waals surface area contributed by atoms with Crippen molar-refractivity contribution in [1.82, 2.24) is 4.90 Å². The normalized spacial score (nSPS) is 24.8. The zero-order valence-electron chi connectivity index (χ0n) is 9.04. The monoisotopic (exact) mass is 270 g/mol. The molecule has 0 aromatic carbocycles. The van der Waals surface area contributed by atoms with E-state index in [0.717, 1.165) is 0 Å². The Morgan fingerprint density at radius 2 is 2.47 bits per heavy atom. The second-order valence-electron chi connectivity index (χ2n) is 3.66. The Kier molecular flexibility index (Phi) is 3.35. The van der Waals surface area contributed by atoms with E-state index in [2.05, 4.69) is 6.07 Å². The fourth-order valence-electron chi connectivity index (χ4n) is 1.91. The van der Waals surface area contributed by atoms with E-state index in [9.17, 15) is 14.7 Å². The third-order valence-corrected chi connectivity index (χ3v) is 4.86. The van der Waals surface area contributed by atoms with E-state index in [1.807, 2.05) is 0 Å². The Morgan fingerprint density at radius 3 is 2.94 bits per heavy atom. The van der Waals surface area contributed by atoms with Gasteiger partial charge in [-0.15, -0.1) is 23.5 Å². The number of amides is 1. The predicted octanol–water partition coefficient (Wildman–Crippen LogP) is 0.885. The van der Waals surface area contributed by atoms with E-state index < -0.39 is 11.2 Å². The summed E-state index contributed by atoms with van der Waals surface area (Å²) in [5, 5.41) is 17.7. The third-order valence-electron chi connectivity index (χ3n) is 2.75. The molecule has 0 saturated carbocycles. The summed E-state index contributed by atoms with van der Waals surface area (Å²) in [5.41, 5.74) is 0.563. The van der Waals surface area contributed by atoms with Gasteiger partial charge in [-0.2, -0.15) is 5.26 Å². The quantitative estimate of drug-likeness (QED) is 0.767. The lowest BCUT2D eigenvalue weighted by atomic mass is 10.1. The SMILES string of the molecule is CSC(C#N)C1=C(C(=O)O)N2C(=O)C[C@@H]2SC1. The average molecular weight is 270 g/mol. The number of carboxylic acids is 1. The van der Waals surface area contributed by atoms with E-state index in [1.54, 1.807) is 6.26 Å². The van der Waals surface area contributed by atoms with Gasteiger partial charge in [-0.1, -0.05) is 0 Å². The largest absolute Gasteiger partial charge is 0.477 e. The Morgan fingerprint density at radius 1 is 1.76 bits per heavy atom. The highest BCUT2D eigenvalue weighted by atomic mass is 32.2. The molecule has 1 fully saturated rings. The predicted molar refractivity (Wildman–Crippen MR) is 65.3 cm³/mol. The highest BCUT2D eigenvalue weighted by Gasteiger charge is 2.46. The van der Waals surface area contributed by atoms with Gasteiger partial charge in [0.2, 0.25) is 5.91 Å². The van der Waals surface area contributed by atoms with E-state index >= 15 is 0 Å². The Bertz CT molecular complexity index is 455. The van der Waals surface area contributed by atoms with Crippen LogP contribution < -0.4 is 0 Å². The van der Waals surface area contributed by atoms with Crippen molar-refractivity contribution in [1.29, 1.82) is 5.26 Å². The van der Waals surface area contributed by atoms with Crippen LogP contribution in [-0.4, -0.2) is 44.5 Å². The Balaban J connectivity index is 2.44. The number of carbonyl (C=O) groups excluding carboxylic acids is 1. The first kappa shape index (κ1) is 12.3. The summed E-state index contributed by atoms with van der Waals surface area (Å²) in [6.07, 6.45) is 2.15. The molecule has 1 N–H and O–H groups in total. The fraction of sp³-hybridized carbons (Fsp3) is 0.500. The minimum atomic E-state index is -1.12. The van der Waals surface area contributed by atoms with Crippen molar-refractivity contribution >= 4 is 35.4 Å². The number of carbonyl (C=O) groups is 2. The van der Waals surface area contributed by atoms with Crippen LogP contribution in [0.25, 0.3) is 0 Å². The molecule has 0 aromatic rings. The average Bonchev–Trinajstić information content (AvgIpc) is 2.29. The van der Waals surface area contributed by atoms with E-state index in [4.69, 9.17) is 5.26 Å². The summed E-state index contributed by atoms with van der Waals surface area (Å²) in [6.45, 7) is 0. The molecule has 0 radical (unpaired) electrons. The maximum Gasteiger partial charge on any atom is 0.352 e. The first-order valence-corrected chi connectivity index (χ1v) is 7.26. The second kappa shape index (κ2) is 4.63. The van der Waals surface area contributed by atoms with Crippen molar-refractivity contribution in [3.8, 4) is 6.07 Å². The molecular weight excluding hydrogens is 260 g/mol. The Hall–Kier alpha value is -1.13. The highest BCUT2D eigenvalue weighted by molar-refractivity contribution is 8.01. The van der Waals surface area contributed by atoms with Crippen LogP contribution in [0.4, 0.5) is 0 Å². The zero-order valence-corrected chi connectivity index (χ0v) is 10.7.